The van der Waals surface area contributed by atoms with E-state index in [2.05, 4.69) is 34.5 Å². The molecule has 5 heteroatoms. The molecule has 0 aliphatic carbocycles. The van der Waals surface area contributed by atoms with E-state index in [0.717, 1.165) is 43.6 Å². The van der Waals surface area contributed by atoms with E-state index in [4.69, 9.17) is 5.73 Å². The predicted molar refractivity (Wildman–Crippen MR) is 95.6 cm³/mol. The highest BCUT2D eigenvalue weighted by Gasteiger charge is 2.26. The summed E-state index contributed by atoms with van der Waals surface area (Å²) in [5.74, 6) is -0.0154. The molecule has 1 aliphatic heterocycles. The van der Waals surface area contributed by atoms with Crippen LogP contribution in [0.15, 0.2) is 30.3 Å². The van der Waals surface area contributed by atoms with Gasteiger partial charge in [-0.15, -0.1) is 11.3 Å². The van der Waals surface area contributed by atoms with E-state index in [9.17, 15) is 4.79 Å². The van der Waals surface area contributed by atoms with Crippen LogP contribution in [0, 0.1) is 0 Å². The molecule has 1 aromatic carbocycles. The fourth-order valence-electron chi connectivity index (χ4n) is 3.03. The Kier molecular flexibility index (Phi) is 4.98. The first kappa shape index (κ1) is 16.0. The topological polar surface area (TPSA) is 58.4 Å². The molecule has 1 aromatic heterocycles. The Labute approximate surface area is 141 Å². The van der Waals surface area contributed by atoms with Gasteiger partial charge in [-0.05, 0) is 24.0 Å². The van der Waals surface area contributed by atoms with Crippen LogP contribution in [0.1, 0.15) is 39.7 Å². The lowest BCUT2D eigenvalue weighted by atomic mass is 10.0. The number of rotatable bonds is 5. The van der Waals surface area contributed by atoms with Crippen LogP contribution < -0.4 is 11.1 Å². The van der Waals surface area contributed by atoms with Gasteiger partial charge in [0.25, 0.3) is 5.91 Å². The average molecular weight is 329 g/mol. The minimum Gasteiger partial charge on any atom is -0.390 e. The molecule has 0 bridgehead atoms. The number of nitrogens with zero attached hydrogens (tertiary/aromatic N) is 1. The van der Waals surface area contributed by atoms with Crippen LogP contribution >= 0.6 is 11.3 Å². The molecule has 1 amide bonds. The van der Waals surface area contributed by atoms with Crippen LogP contribution in [0.25, 0.3) is 0 Å². The number of nitrogens with two attached hydrogens (primary N) is 1. The predicted octanol–water partition coefficient (Wildman–Crippen LogP) is 3.03. The van der Waals surface area contributed by atoms with Crippen molar-refractivity contribution >= 4 is 22.2 Å². The smallest absolute Gasteiger partial charge is 0.254 e. The third-order valence-electron chi connectivity index (χ3n) is 4.17. The van der Waals surface area contributed by atoms with Gasteiger partial charge in [0.2, 0.25) is 0 Å². The molecule has 0 unspecified atom stereocenters. The molecule has 0 fully saturated rings. The Morgan fingerprint density at radius 1 is 1.35 bits per heavy atom. The first-order valence-corrected chi connectivity index (χ1v) is 8.95. The van der Waals surface area contributed by atoms with E-state index in [1.165, 1.54) is 10.4 Å². The van der Waals surface area contributed by atoms with Gasteiger partial charge in [0, 0.05) is 31.1 Å². The molecule has 3 N–H and O–H groups in total. The Morgan fingerprint density at radius 3 is 2.87 bits per heavy atom. The summed E-state index contributed by atoms with van der Waals surface area (Å²) >= 11 is 1.57. The van der Waals surface area contributed by atoms with Gasteiger partial charge >= 0.3 is 0 Å². The number of hydrogen-bond acceptors (Lipinski definition) is 4. The number of nitrogens with one attached hydrogen (secondary N) is 1. The van der Waals surface area contributed by atoms with Gasteiger partial charge < -0.3 is 11.1 Å². The van der Waals surface area contributed by atoms with Crippen molar-refractivity contribution in [2.24, 2.45) is 0 Å². The number of nitrogen functional groups attached to an aromatic ring is 1. The van der Waals surface area contributed by atoms with Crippen molar-refractivity contribution in [3.63, 3.8) is 0 Å². The van der Waals surface area contributed by atoms with Gasteiger partial charge in [0.15, 0.2) is 0 Å². The highest BCUT2D eigenvalue weighted by atomic mass is 32.1. The summed E-state index contributed by atoms with van der Waals surface area (Å²) in [7, 11) is 0. The molecule has 4 nitrogen and oxygen atoms in total. The van der Waals surface area contributed by atoms with Crippen molar-refractivity contribution in [3.8, 4) is 0 Å². The number of hydrogen-bond donors (Lipinski definition) is 2. The first-order valence-electron chi connectivity index (χ1n) is 8.13. The number of thiophene rings is 1. The Balaban J connectivity index is 1.73. The highest BCUT2D eigenvalue weighted by molar-refractivity contribution is 7.16. The molecule has 122 valence electrons. The van der Waals surface area contributed by atoms with E-state index in [1.54, 1.807) is 11.3 Å². The summed E-state index contributed by atoms with van der Waals surface area (Å²) in [4.78, 5) is 16.0. The van der Waals surface area contributed by atoms with Gasteiger partial charge in [0.05, 0.1) is 10.6 Å². The molecule has 0 atom stereocenters. The van der Waals surface area contributed by atoms with Crippen molar-refractivity contribution in [2.75, 3.05) is 18.8 Å². The molecule has 0 saturated heterocycles. The molecule has 0 saturated carbocycles. The molecular weight excluding hydrogens is 306 g/mol. The van der Waals surface area contributed by atoms with Crippen molar-refractivity contribution in [2.45, 2.75) is 32.9 Å². The minimum absolute atomic E-state index is 0.0154. The number of carbonyl (C=O) groups is 1. The Hall–Kier alpha value is -1.85. The lowest BCUT2D eigenvalue weighted by Gasteiger charge is -2.27. The summed E-state index contributed by atoms with van der Waals surface area (Å²) in [5, 5.41) is 3.61. The molecule has 23 heavy (non-hydrogen) atoms. The zero-order chi connectivity index (χ0) is 16.2. The summed E-state index contributed by atoms with van der Waals surface area (Å²) in [5.41, 5.74) is 9.33. The largest absolute Gasteiger partial charge is 0.390 e. The van der Waals surface area contributed by atoms with Crippen molar-refractivity contribution < 1.29 is 4.79 Å². The first-order chi connectivity index (χ1) is 11.2. The van der Waals surface area contributed by atoms with Crippen molar-refractivity contribution in [1.82, 2.24) is 10.2 Å². The monoisotopic (exact) mass is 329 g/mol. The van der Waals surface area contributed by atoms with Crippen LogP contribution in [-0.4, -0.2) is 23.9 Å². The van der Waals surface area contributed by atoms with Crippen LogP contribution in [0.5, 0.6) is 0 Å². The van der Waals surface area contributed by atoms with Crippen LogP contribution in [0.3, 0.4) is 0 Å². The number of amides is 1. The average Bonchev–Trinajstić information content (AvgIpc) is 2.88. The van der Waals surface area contributed by atoms with Crippen molar-refractivity contribution in [1.29, 1.82) is 0 Å². The molecule has 3 rings (SSSR count). The molecule has 1 aliphatic rings. The number of benzene rings is 1. The second kappa shape index (κ2) is 7.15. The lowest BCUT2D eigenvalue weighted by molar-refractivity contribution is 0.0953. The van der Waals surface area contributed by atoms with Crippen LogP contribution in [0.4, 0.5) is 5.00 Å². The van der Waals surface area contributed by atoms with Gasteiger partial charge in [-0.25, -0.2) is 0 Å². The third-order valence-corrected chi connectivity index (χ3v) is 5.22. The highest BCUT2D eigenvalue weighted by Crippen LogP contribution is 2.35. The lowest BCUT2D eigenvalue weighted by Crippen LogP contribution is -2.31. The minimum atomic E-state index is -0.0154. The van der Waals surface area contributed by atoms with E-state index in [-0.39, 0.29) is 5.91 Å². The van der Waals surface area contributed by atoms with E-state index < -0.39 is 0 Å². The third kappa shape index (κ3) is 3.57. The second-order valence-electron chi connectivity index (χ2n) is 5.95. The number of fused-ring (bicyclic) bond motifs is 1. The van der Waals surface area contributed by atoms with Gasteiger partial charge in [-0.3, -0.25) is 9.69 Å². The molecule has 2 aromatic rings. The normalized spacial score (nSPS) is 14.5. The zero-order valence-corrected chi connectivity index (χ0v) is 14.3. The van der Waals surface area contributed by atoms with Crippen LogP contribution in [0.2, 0.25) is 0 Å². The molecule has 2 heterocycles. The summed E-state index contributed by atoms with van der Waals surface area (Å²) in [6.07, 6.45) is 1.83. The molecule has 0 spiro atoms. The van der Waals surface area contributed by atoms with Gasteiger partial charge in [-0.1, -0.05) is 37.3 Å². The maximum absolute atomic E-state index is 12.3. The second-order valence-corrected chi connectivity index (χ2v) is 7.08. The number of carbonyl (C=O) groups excluding carboxylic acids is 1. The SMILES string of the molecule is CCCNC(=O)c1c(N)sc2c1CCN(Cc1ccccc1)C2. The summed E-state index contributed by atoms with van der Waals surface area (Å²) in [6, 6.07) is 10.5. The standard InChI is InChI=1S/C18H23N3OS/c1-2-9-20-18(22)16-14-8-10-21(12-15(14)23-17(16)19)11-13-6-4-3-5-7-13/h3-7H,2,8-12,19H2,1H3,(H,20,22). The fourth-order valence-corrected chi connectivity index (χ4v) is 4.19. The quantitative estimate of drug-likeness (QED) is 0.886. The molecular formula is C18H23N3OS. The zero-order valence-electron chi connectivity index (χ0n) is 13.5. The van der Waals surface area contributed by atoms with E-state index in [0.29, 0.717) is 11.5 Å². The maximum atomic E-state index is 12.3. The Morgan fingerprint density at radius 2 is 2.13 bits per heavy atom. The fraction of sp³-hybridized carbons (Fsp3) is 0.389. The Bertz CT molecular complexity index is 681. The molecule has 0 radical (unpaired) electrons. The van der Waals surface area contributed by atoms with E-state index in [1.807, 2.05) is 13.0 Å². The van der Waals surface area contributed by atoms with E-state index >= 15 is 0 Å². The van der Waals surface area contributed by atoms with Gasteiger partial charge in [0.1, 0.15) is 0 Å². The van der Waals surface area contributed by atoms with Crippen LogP contribution in [-0.2, 0) is 19.5 Å². The summed E-state index contributed by atoms with van der Waals surface area (Å²) in [6.45, 7) is 5.53. The summed E-state index contributed by atoms with van der Waals surface area (Å²) < 4.78 is 0. The van der Waals surface area contributed by atoms with Crippen molar-refractivity contribution in [3.05, 3.63) is 51.9 Å². The maximum Gasteiger partial charge on any atom is 0.254 e. The van der Waals surface area contributed by atoms with Gasteiger partial charge in [-0.2, -0.15) is 0 Å². The number of anilines is 1.